The number of carbonyl (C=O) groups is 2. The van der Waals surface area contributed by atoms with Crippen LogP contribution in [0.1, 0.15) is 34.1 Å². The number of rotatable bonds is 1. The highest BCUT2D eigenvalue weighted by Crippen LogP contribution is 2.36. The lowest BCUT2D eigenvalue weighted by atomic mass is 9.72. The standard InChI is InChI=1S/C11H19NO2/c1-7-9(8(2)13)6-10(14)12(5)11(7,3)4/h7,9H,6H2,1-5H3. The summed E-state index contributed by atoms with van der Waals surface area (Å²) in [7, 11) is 1.81. The number of nitrogens with zero attached hydrogens (tertiary/aromatic N) is 1. The number of ketones is 1. The van der Waals surface area contributed by atoms with E-state index in [0.29, 0.717) is 6.42 Å². The van der Waals surface area contributed by atoms with Gasteiger partial charge in [0.25, 0.3) is 0 Å². The van der Waals surface area contributed by atoms with Crippen molar-refractivity contribution in [2.45, 2.75) is 39.7 Å². The van der Waals surface area contributed by atoms with Crippen LogP contribution in [0.4, 0.5) is 0 Å². The van der Waals surface area contributed by atoms with Crippen LogP contribution in [0.15, 0.2) is 0 Å². The van der Waals surface area contributed by atoms with Crippen molar-refractivity contribution in [2.24, 2.45) is 11.8 Å². The molecule has 1 amide bonds. The van der Waals surface area contributed by atoms with E-state index in [2.05, 4.69) is 6.92 Å². The number of piperidine rings is 1. The third-order valence-electron chi connectivity index (χ3n) is 3.87. The molecule has 0 aromatic carbocycles. The fourth-order valence-electron chi connectivity index (χ4n) is 2.12. The SMILES string of the molecule is CC(=O)C1CC(=O)N(C)C(C)(C)C1C. The molecule has 0 aromatic rings. The van der Waals surface area contributed by atoms with Gasteiger partial charge in [-0.15, -0.1) is 0 Å². The summed E-state index contributed by atoms with van der Waals surface area (Å²) >= 11 is 0. The van der Waals surface area contributed by atoms with Crippen molar-refractivity contribution in [1.82, 2.24) is 4.90 Å². The Bertz CT molecular complexity index is 270. The number of hydrogen-bond donors (Lipinski definition) is 0. The maximum absolute atomic E-state index is 11.6. The zero-order valence-electron chi connectivity index (χ0n) is 9.63. The van der Waals surface area contributed by atoms with E-state index in [-0.39, 0.29) is 29.1 Å². The van der Waals surface area contributed by atoms with Crippen LogP contribution < -0.4 is 0 Å². The quantitative estimate of drug-likeness (QED) is 0.638. The summed E-state index contributed by atoms with van der Waals surface area (Å²) in [5.74, 6) is 0.330. The molecule has 3 nitrogen and oxygen atoms in total. The van der Waals surface area contributed by atoms with Gasteiger partial charge in [0.05, 0.1) is 0 Å². The molecule has 1 aliphatic rings. The van der Waals surface area contributed by atoms with Gasteiger partial charge in [0.1, 0.15) is 5.78 Å². The fourth-order valence-corrected chi connectivity index (χ4v) is 2.12. The van der Waals surface area contributed by atoms with Gasteiger partial charge in [-0.05, 0) is 26.7 Å². The number of hydrogen-bond acceptors (Lipinski definition) is 2. The van der Waals surface area contributed by atoms with Crippen molar-refractivity contribution in [3.8, 4) is 0 Å². The van der Waals surface area contributed by atoms with E-state index >= 15 is 0 Å². The zero-order chi connectivity index (χ0) is 11.1. The smallest absolute Gasteiger partial charge is 0.223 e. The molecule has 1 saturated heterocycles. The first-order valence-corrected chi connectivity index (χ1v) is 5.05. The van der Waals surface area contributed by atoms with Gasteiger partial charge in [0.15, 0.2) is 0 Å². The highest BCUT2D eigenvalue weighted by molar-refractivity contribution is 5.87. The van der Waals surface area contributed by atoms with Crippen molar-refractivity contribution in [3.05, 3.63) is 0 Å². The van der Waals surface area contributed by atoms with Crippen LogP contribution in [0, 0.1) is 11.8 Å². The second kappa shape index (κ2) is 3.37. The molecule has 0 aliphatic carbocycles. The molecule has 0 saturated carbocycles. The van der Waals surface area contributed by atoms with Crippen molar-refractivity contribution < 1.29 is 9.59 Å². The zero-order valence-corrected chi connectivity index (χ0v) is 9.63. The van der Waals surface area contributed by atoms with Crippen molar-refractivity contribution in [2.75, 3.05) is 7.05 Å². The van der Waals surface area contributed by atoms with E-state index < -0.39 is 0 Å². The third kappa shape index (κ3) is 1.56. The molecule has 2 unspecified atom stereocenters. The molecule has 14 heavy (non-hydrogen) atoms. The molecule has 0 spiro atoms. The number of amides is 1. The van der Waals surface area contributed by atoms with Crippen molar-refractivity contribution >= 4 is 11.7 Å². The summed E-state index contributed by atoms with van der Waals surface area (Å²) in [6.07, 6.45) is 0.371. The van der Waals surface area contributed by atoms with Crippen LogP contribution in [-0.4, -0.2) is 29.2 Å². The van der Waals surface area contributed by atoms with Crippen LogP contribution in [0.2, 0.25) is 0 Å². The highest BCUT2D eigenvalue weighted by Gasteiger charge is 2.44. The minimum absolute atomic E-state index is 0.0771. The summed E-state index contributed by atoms with van der Waals surface area (Å²) in [6.45, 7) is 7.67. The lowest BCUT2D eigenvalue weighted by molar-refractivity contribution is -0.149. The maximum atomic E-state index is 11.6. The van der Waals surface area contributed by atoms with Gasteiger partial charge >= 0.3 is 0 Å². The van der Waals surface area contributed by atoms with Gasteiger partial charge in [-0.3, -0.25) is 9.59 Å². The van der Waals surface area contributed by atoms with Crippen LogP contribution in [0.25, 0.3) is 0 Å². The molecular weight excluding hydrogens is 178 g/mol. The fraction of sp³-hybridized carbons (Fsp3) is 0.818. The Kier molecular flexibility index (Phi) is 2.70. The molecule has 3 heteroatoms. The molecule has 0 radical (unpaired) electrons. The average Bonchev–Trinajstić information content (AvgIpc) is 2.08. The number of Topliss-reactive ketones (excluding diaryl/α,β-unsaturated/α-hetero) is 1. The Morgan fingerprint density at radius 2 is 2.00 bits per heavy atom. The first kappa shape index (κ1) is 11.2. The second-order valence-corrected chi connectivity index (χ2v) is 4.82. The Morgan fingerprint density at radius 1 is 1.50 bits per heavy atom. The van der Waals surface area contributed by atoms with Gasteiger partial charge in [0, 0.05) is 24.9 Å². The van der Waals surface area contributed by atoms with Gasteiger partial charge in [-0.25, -0.2) is 0 Å². The largest absolute Gasteiger partial charge is 0.340 e. The maximum Gasteiger partial charge on any atom is 0.223 e. The lowest BCUT2D eigenvalue weighted by Crippen LogP contribution is -2.57. The predicted molar refractivity (Wildman–Crippen MR) is 54.8 cm³/mol. The Hall–Kier alpha value is -0.860. The van der Waals surface area contributed by atoms with E-state index in [9.17, 15) is 9.59 Å². The summed E-state index contributed by atoms with van der Waals surface area (Å²) in [4.78, 5) is 24.8. The van der Waals surface area contributed by atoms with Crippen molar-refractivity contribution in [3.63, 3.8) is 0 Å². The van der Waals surface area contributed by atoms with E-state index in [0.717, 1.165) is 0 Å². The van der Waals surface area contributed by atoms with Gasteiger partial charge in [-0.1, -0.05) is 6.92 Å². The topological polar surface area (TPSA) is 37.4 Å². The molecule has 80 valence electrons. The monoisotopic (exact) mass is 197 g/mol. The summed E-state index contributed by atoms with van der Waals surface area (Å²) in [5, 5.41) is 0. The van der Waals surface area contributed by atoms with Crippen LogP contribution >= 0.6 is 0 Å². The minimum Gasteiger partial charge on any atom is -0.340 e. The molecule has 1 aliphatic heterocycles. The Morgan fingerprint density at radius 3 is 2.43 bits per heavy atom. The third-order valence-corrected chi connectivity index (χ3v) is 3.87. The van der Waals surface area contributed by atoms with E-state index in [4.69, 9.17) is 0 Å². The van der Waals surface area contributed by atoms with Gasteiger partial charge in [0.2, 0.25) is 5.91 Å². The number of likely N-dealkylation sites (tertiary alicyclic amines) is 1. The first-order chi connectivity index (χ1) is 6.28. The second-order valence-electron chi connectivity index (χ2n) is 4.82. The van der Waals surface area contributed by atoms with Crippen molar-refractivity contribution in [1.29, 1.82) is 0 Å². The van der Waals surface area contributed by atoms with Crippen LogP contribution in [0.3, 0.4) is 0 Å². The van der Waals surface area contributed by atoms with Gasteiger partial charge < -0.3 is 4.90 Å². The van der Waals surface area contributed by atoms with Crippen LogP contribution in [0.5, 0.6) is 0 Å². The lowest BCUT2D eigenvalue weighted by Gasteiger charge is -2.47. The predicted octanol–water partition coefficient (Wildman–Crippen LogP) is 1.47. The molecule has 0 bridgehead atoms. The Labute approximate surface area is 85.5 Å². The van der Waals surface area contributed by atoms with Crippen LogP contribution in [-0.2, 0) is 9.59 Å². The van der Waals surface area contributed by atoms with Gasteiger partial charge in [-0.2, -0.15) is 0 Å². The van der Waals surface area contributed by atoms with E-state index in [1.165, 1.54) is 0 Å². The molecule has 1 rings (SSSR count). The highest BCUT2D eigenvalue weighted by atomic mass is 16.2. The minimum atomic E-state index is -0.217. The summed E-state index contributed by atoms with van der Waals surface area (Å²) in [5.41, 5.74) is -0.217. The molecular formula is C11H19NO2. The molecule has 2 atom stereocenters. The summed E-state index contributed by atoms with van der Waals surface area (Å²) in [6, 6.07) is 0. The molecule has 1 heterocycles. The first-order valence-electron chi connectivity index (χ1n) is 5.05. The summed E-state index contributed by atoms with van der Waals surface area (Å²) < 4.78 is 0. The number of carbonyl (C=O) groups excluding carboxylic acids is 2. The average molecular weight is 197 g/mol. The molecule has 0 aromatic heterocycles. The molecule has 0 N–H and O–H groups in total. The van der Waals surface area contributed by atoms with E-state index in [1.807, 2.05) is 20.9 Å². The Balaban J connectivity index is 2.99. The van der Waals surface area contributed by atoms with E-state index in [1.54, 1.807) is 11.8 Å². The molecule has 1 fully saturated rings. The normalized spacial score (nSPS) is 31.8.